The van der Waals surface area contributed by atoms with E-state index in [1.54, 1.807) is 22.6 Å². The second-order valence-electron chi connectivity index (χ2n) is 7.65. The van der Waals surface area contributed by atoms with Gasteiger partial charge in [-0.05, 0) is 60.4 Å². The minimum Gasteiger partial charge on any atom is -0.487 e. The van der Waals surface area contributed by atoms with Gasteiger partial charge < -0.3 is 9.72 Å². The van der Waals surface area contributed by atoms with Crippen molar-refractivity contribution in [2.45, 2.75) is 24.3 Å². The van der Waals surface area contributed by atoms with Crippen molar-refractivity contribution in [2.24, 2.45) is 0 Å². The second-order valence-corrected chi connectivity index (χ2v) is 9.59. The predicted octanol–water partition coefficient (Wildman–Crippen LogP) is 4.59. The van der Waals surface area contributed by atoms with Crippen LogP contribution in [0.5, 0.6) is 5.75 Å². The average molecular weight is 434 g/mol. The molecule has 7 heteroatoms. The summed E-state index contributed by atoms with van der Waals surface area (Å²) in [6.07, 6.45) is 3.61. The van der Waals surface area contributed by atoms with Crippen molar-refractivity contribution in [3.05, 3.63) is 78.6 Å². The van der Waals surface area contributed by atoms with Crippen molar-refractivity contribution in [3.63, 3.8) is 0 Å². The maximum atomic E-state index is 12.8. The maximum Gasteiger partial charge on any atom is 0.243 e. The highest BCUT2D eigenvalue weighted by atomic mass is 32.2. The molecule has 1 aliphatic rings. The van der Waals surface area contributed by atoms with E-state index in [1.807, 2.05) is 54.6 Å². The molecule has 2 aromatic carbocycles. The van der Waals surface area contributed by atoms with Gasteiger partial charge in [-0.15, -0.1) is 0 Å². The Labute approximate surface area is 181 Å². The Morgan fingerprint density at radius 1 is 0.968 bits per heavy atom. The lowest BCUT2D eigenvalue weighted by Gasteiger charge is -2.15. The highest BCUT2D eigenvalue weighted by molar-refractivity contribution is 7.89. The molecule has 1 saturated heterocycles. The van der Waals surface area contributed by atoms with E-state index in [2.05, 4.69) is 9.97 Å². The van der Waals surface area contributed by atoms with E-state index >= 15 is 0 Å². The second kappa shape index (κ2) is 8.17. The molecule has 6 nitrogen and oxygen atoms in total. The van der Waals surface area contributed by atoms with Crippen LogP contribution in [0.25, 0.3) is 22.2 Å². The third kappa shape index (κ3) is 3.94. The van der Waals surface area contributed by atoms with Crippen molar-refractivity contribution >= 4 is 21.1 Å². The largest absolute Gasteiger partial charge is 0.487 e. The highest BCUT2D eigenvalue weighted by Gasteiger charge is 2.27. The summed E-state index contributed by atoms with van der Waals surface area (Å²) >= 11 is 0. The minimum absolute atomic E-state index is 0.342. The van der Waals surface area contributed by atoms with Crippen molar-refractivity contribution in [1.29, 1.82) is 0 Å². The monoisotopic (exact) mass is 433 g/mol. The molecule has 5 rings (SSSR count). The zero-order valence-electron chi connectivity index (χ0n) is 17.0. The van der Waals surface area contributed by atoms with Gasteiger partial charge in [0, 0.05) is 24.7 Å². The highest BCUT2D eigenvalue weighted by Crippen LogP contribution is 2.30. The van der Waals surface area contributed by atoms with Crippen LogP contribution in [0.3, 0.4) is 0 Å². The molecule has 1 N–H and O–H groups in total. The maximum absolute atomic E-state index is 12.8. The summed E-state index contributed by atoms with van der Waals surface area (Å²) in [5, 5.41) is 0.976. The smallest absolute Gasteiger partial charge is 0.243 e. The fraction of sp³-hybridized carbons (Fsp3) is 0.208. The normalized spacial score (nSPS) is 14.8. The molecule has 0 amide bonds. The van der Waals surface area contributed by atoms with Gasteiger partial charge in [0.15, 0.2) is 0 Å². The molecule has 31 heavy (non-hydrogen) atoms. The number of pyridine rings is 1. The van der Waals surface area contributed by atoms with E-state index < -0.39 is 10.0 Å². The van der Waals surface area contributed by atoms with Crippen LogP contribution in [0.2, 0.25) is 0 Å². The summed E-state index contributed by atoms with van der Waals surface area (Å²) < 4.78 is 33.0. The average Bonchev–Trinajstić information content (AvgIpc) is 3.49. The Morgan fingerprint density at radius 2 is 1.71 bits per heavy atom. The zero-order valence-corrected chi connectivity index (χ0v) is 17.8. The van der Waals surface area contributed by atoms with E-state index in [0.717, 1.165) is 46.4 Å². The first-order valence-electron chi connectivity index (χ1n) is 10.4. The Bertz CT molecular complexity index is 1290. The van der Waals surface area contributed by atoms with E-state index in [-0.39, 0.29) is 0 Å². The van der Waals surface area contributed by atoms with Crippen LogP contribution in [0, 0.1) is 0 Å². The molecule has 158 valence electrons. The number of aromatic nitrogens is 2. The van der Waals surface area contributed by atoms with Gasteiger partial charge in [0.05, 0.1) is 10.6 Å². The van der Waals surface area contributed by atoms with E-state index in [9.17, 15) is 8.42 Å². The molecular formula is C24H23N3O3S. The van der Waals surface area contributed by atoms with Crippen LogP contribution in [0.4, 0.5) is 0 Å². The van der Waals surface area contributed by atoms with Crippen molar-refractivity contribution in [3.8, 4) is 16.9 Å². The number of ether oxygens (including phenoxy) is 1. The number of hydrogen-bond donors (Lipinski definition) is 1. The molecule has 0 atom stereocenters. The SMILES string of the molecule is O=S(=O)(c1ccc(-c2ccnc3[nH]c(COc4ccccc4)cc23)cc1)N1CCCC1. The number of nitrogens with one attached hydrogen (secondary N) is 1. The van der Waals surface area contributed by atoms with E-state index in [4.69, 9.17) is 4.74 Å². The van der Waals surface area contributed by atoms with Crippen molar-refractivity contribution < 1.29 is 13.2 Å². The van der Waals surface area contributed by atoms with Crippen LogP contribution in [0.15, 0.2) is 77.8 Å². The molecule has 4 aromatic rings. The van der Waals surface area contributed by atoms with Crippen molar-refractivity contribution in [2.75, 3.05) is 13.1 Å². The predicted molar refractivity (Wildman–Crippen MR) is 120 cm³/mol. The summed E-state index contributed by atoms with van der Waals surface area (Å²) in [5.41, 5.74) is 3.64. The summed E-state index contributed by atoms with van der Waals surface area (Å²) in [4.78, 5) is 8.09. The number of aromatic amines is 1. The fourth-order valence-electron chi connectivity index (χ4n) is 3.97. The molecule has 0 radical (unpaired) electrons. The summed E-state index contributed by atoms with van der Waals surface area (Å²) in [5.74, 6) is 0.809. The molecule has 0 bridgehead atoms. The third-order valence-electron chi connectivity index (χ3n) is 5.59. The topological polar surface area (TPSA) is 75.3 Å². The summed E-state index contributed by atoms with van der Waals surface area (Å²) in [7, 11) is -3.41. The van der Waals surface area contributed by atoms with Gasteiger partial charge in [-0.2, -0.15) is 4.31 Å². The number of hydrogen-bond acceptors (Lipinski definition) is 4. The number of benzene rings is 2. The molecule has 0 saturated carbocycles. The first-order chi connectivity index (χ1) is 15.1. The number of H-pyrrole nitrogens is 1. The van der Waals surface area contributed by atoms with Crippen LogP contribution >= 0.6 is 0 Å². The summed E-state index contributed by atoms with van der Waals surface area (Å²) in [6, 6.07) is 20.8. The molecule has 1 aliphatic heterocycles. The first-order valence-corrected chi connectivity index (χ1v) is 11.8. The van der Waals surface area contributed by atoms with Crippen LogP contribution in [-0.2, 0) is 16.6 Å². The van der Waals surface area contributed by atoms with Crippen molar-refractivity contribution in [1.82, 2.24) is 14.3 Å². The van der Waals surface area contributed by atoms with Gasteiger partial charge in [-0.3, -0.25) is 0 Å². The Kier molecular flexibility index (Phi) is 5.21. The fourth-order valence-corrected chi connectivity index (χ4v) is 5.49. The molecule has 3 heterocycles. The van der Waals surface area contributed by atoms with E-state index in [1.165, 1.54) is 0 Å². The van der Waals surface area contributed by atoms with Gasteiger partial charge in [0.25, 0.3) is 0 Å². The molecule has 0 aliphatic carbocycles. The Balaban J connectivity index is 1.41. The molecule has 0 spiro atoms. The zero-order chi connectivity index (χ0) is 21.3. The van der Waals surface area contributed by atoms with Gasteiger partial charge in [-0.25, -0.2) is 13.4 Å². The quantitative estimate of drug-likeness (QED) is 0.482. The van der Waals surface area contributed by atoms with E-state index in [0.29, 0.717) is 24.6 Å². The third-order valence-corrected chi connectivity index (χ3v) is 7.51. The molecule has 0 unspecified atom stereocenters. The number of para-hydroxylation sites is 1. The van der Waals surface area contributed by atoms with Gasteiger partial charge in [0.1, 0.15) is 18.0 Å². The van der Waals surface area contributed by atoms with Crippen LogP contribution < -0.4 is 4.74 Å². The van der Waals surface area contributed by atoms with Crippen LogP contribution in [0.1, 0.15) is 18.5 Å². The number of fused-ring (bicyclic) bond motifs is 1. The van der Waals surface area contributed by atoms with Gasteiger partial charge in [0.2, 0.25) is 10.0 Å². The number of rotatable bonds is 6. The van der Waals surface area contributed by atoms with Gasteiger partial charge >= 0.3 is 0 Å². The first kappa shape index (κ1) is 19.8. The number of nitrogens with zero attached hydrogens (tertiary/aromatic N) is 2. The summed E-state index contributed by atoms with van der Waals surface area (Å²) in [6.45, 7) is 1.62. The van der Waals surface area contributed by atoms with Gasteiger partial charge in [-0.1, -0.05) is 30.3 Å². The Morgan fingerprint density at radius 3 is 2.45 bits per heavy atom. The Hall–Kier alpha value is -3.16. The lowest BCUT2D eigenvalue weighted by atomic mass is 10.0. The standard InChI is InChI=1S/C24H23N3O3S/c28-31(29,27-14-4-5-15-27)21-10-8-18(9-11-21)22-12-13-25-24-23(22)16-19(26-24)17-30-20-6-2-1-3-7-20/h1-3,6-13,16H,4-5,14-15,17H2,(H,25,26). The minimum atomic E-state index is -3.41. The lowest BCUT2D eigenvalue weighted by Crippen LogP contribution is -2.27. The molecule has 2 aromatic heterocycles. The molecule has 1 fully saturated rings. The lowest BCUT2D eigenvalue weighted by molar-refractivity contribution is 0.302. The van der Waals surface area contributed by atoms with Crippen LogP contribution in [-0.4, -0.2) is 35.8 Å². The number of sulfonamides is 1. The molecular weight excluding hydrogens is 410 g/mol.